The molecular formula is C14H10Cl2N2O. The van der Waals surface area contributed by atoms with E-state index in [1.807, 2.05) is 12.1 Å². The molecule has 1 unspecified atom stereocenters. The number of pyridine rings is 2. The zero-order valence-electron chi connectivity index (χ0n) is 9.94. The Hall–Kier alpha value is -1.45. The Labute approximate surface area is 120 Å². The Morgan fingerprint density at radius 1 is 1.32 bits per heavy atom. The summed E-state index contributed by atoms with van der Waals surface area (Å²) in [5.74, 6) is -0.332. The Morgan fingerprint density at radius 3 is 2.95 bits per heavy atom. The van der Waals surface area contributed by atoms with Gasteiger partial charge in [0.2, 0.25) is 0 Å². The minimum atomic E-state index is -0.248. The number of halogens is 2. The van der Waals surface area contributed by atoms with Crippen LogP contribution in [0.4, 0.5) is 0 Å². The molecule has 0 bridgehead atoms. The van der Waals surface area contributed by atoms with Crippen molar-refractivity contribution in [1.29, 1.82) is 0 Å². The highest BCUT2D eigenvalue weighted by Crippen LogP contribution is 2.34. The predicted octanol–water partition coefficient (Wildman–Crippen LogP) is 3.70. The average Bonchev–Trinajstić information content (AvgIpc) is 2.82. The first-order valence-electron chi connectivity index (χ1n) is 5.96. The van der Waals surface area contributed by atoms with Gasteiger partial charge in [-0.1, -0.05) is 29.3 Å². The fourth-order valence-electron chi connectivity index (χ4n) is 2.43. The van der Waals surface area contributed by atoms with Crippen LogP contribution in [0.3, 0.4) is 0 Å². The van der Waals surface area contributed by atoms with E-state index in [-0.39, 0.29) is 17.4 Å². The third-order valence-corrected chi connectivity index (χ3v) is 3.81. The standard InChI is InChI=1S/C14H10Cl2N2O/c15-9-6-11(16)13(18-7-9)14(19)10-4-3-8-2-1-5-17-12(8)10/h1-2,5-7,10H,3-4H2. The van der Waals surface area contributed by atoms with E-state index in [0.717, 1.165) is 24.1 Å². The minimum absolute atomic E-state index is 0.0842. The molecule has 0 spiro atoms. The summed E-state index contributed by atoms with van der Waals surface area (Å²) in [5, 5.41) is 0.716. The number of nitrogens with zero attached hydrogens (tertiary/aromatic N) is 2. The first-order chi connectivity index (χ1) is 9.16. The van der Waals surface area contributed by atoms with Crippen molar-refractivity contribution in [3.63, 3.8) is 0 Å². The summed E-state index contributed by atoms with van der Waals surface area (Å²) < 4.78 is 0. The summed E-state index contributed by atoms with van der Waals surface area (Å²) in [6.45, 7) is 0. The number of aryl methyl sites for hydroxylation is 1. The van der Waals surface area contributed by atoms with Gasteiger partial charge in [0.15, 0.2) is 5.78 Å². The summed E-state index contributed by atoms with van der Waals surface area (Å²) in [6, 6.07) is 5.43. The maximum Gasteiger partial charge on any atom is 0.191 e. The molecule has 96 valence electrons. The number of carbonyl (C=O) groups is 1. The van der Waals surface area contributed by atoms with Gasteiger partial charge in [0.25, 0.3) is 0 Å². The van der Waals surface area contributed by atoms with Crippen molar-refractivity contribution in [3.8, 4) is 0 Å². The molecule has 2 heterocycles. The maximum absolute atomic E-state index is 12.5. The van der Waals surface area contributed by atoms with Gasteiger partial charge in [-0.2, -0.15) is 0 Å². The largest absolute Gasteiger partial charge is 0.292 e. The summed E-state index contributed by atoms with van der Waals surface area (Å²) >= 11 is 11.8. The van der Waals surface area contributed by atoms with E-state index >= 15 is 0 Å². The number of Topliss-reactive ketones (excluding diaryl/α,β-unsaturated/α-hetero) is 1. The molecule has 2 aromatic rings. The minimum Gasteiger partial charge on any atom is -0.292 e. The van der Waals surface area contributed by atoms with Crippen molar-refractivity contribution in [3.05, 3.63) is 57.6 Å². The fraction of sp³-hybridized carbons (Fsp3) is 0.214. The Morgan fingerprint density at radius 2 is 2.16 bits per heavy atom. The highest BCUT2D eigenvalue weighted by molar-refractivity contribution is 6.36. The lowest BCUT2D eigenvalue weighted by Gasteiger charge is -2.10. The first-order valence-corrected chi connectivity index (χ1v) is 6.71. The maximum atomic E-state index is 12.5. The van der Waals surface area contributed by atoms with Gasteiger partial charge in [-0.15, -0.1) is 0 Å². The zero-order valence-corrected chi connectivity index (χ0v) is 11.4. The van der Waals surface area contributed by atoms with Gasteiger partial charge >= 0.3 is 0 Å². The van der Waals surface area contributed by atoms with E-state index in [1.54, 1.807) is 6.20 Å². The number of aromatic nitrogens is 2. The topological polar surface area (TPSA) is 42.9 Å². The lowest BCUT2D eigenvalue weighted by atomic mass is 9.98. The van der Waals surface area contributed by atoms with E-state index in [0.29, 0.717) is 10.0 Å². The normalized spacial score (nSPS) is 17.3. The van der Waals surface area contributed by atoms with Gasteiger partial charge in [-0.3, -0.25) is 9.78 Å². The van der Waals surface area contributed by atoms with Gasteiger partial charge in [0, 0.05) is 12.4 Å². The van der Waals surface area contributed by atoms with Crippen LogP contribution < -0.4 is 0 Å². The SMILES string of the molecule is O=C(c1ncc(Cl)cc1Cl)C1CCc2cccnc21. The Balaban J connectivity index is 1.98. The number of hydrogen-bond donors (Lipinski definition) is 0. The second-order valence-corrected chi connectivity index (χ2v) is 5.33. The molecule has 0 fully saturated rings. The molecule has 19 heavy (non-hydrogen) atoms. The van der Waals surface area contributed by atoms with E-state index in [9.17, 15) is 4.79 Å². The van der Waals surface area contributed by atoms with Crippen molar-refractivity contribution in [1.82, 2.24) is 9.97 Å². The van der Waals surface area contributed by atoms with Crippen LogP contribution in [0.2, 0.25) is 10.0 Å². The molecule has 0 saturated carbocycles. The highest BCUT2D eigenvalue weighted by atomic mass is 35.5. The molecule has 2 aromatic heterocycles. The Kier molecular flexibility index (Phi) is 3.25. The smallest absolute Gasteiger partial charge is 0.191 e. The van der Waals surface area contributed by atoms with Crippen molar-refractivity contribution in [2.45, 2.75) is 18.8 Å². The van der Waals surface area contributed by atoms with Crippen molar-refractivity contribution >= 4 is 29.0 Å². The molecule has 0 aromatic carbocycles. The van der Waals surface area contributed by atoms with E-state index in [4.69, 9.17) is 23.2 Å². The second-order valence-electron chi connectivity index (χ2n) is 4.49. The van der Waals surface area contributed by atoms with Crippen LogP contribution in [-0.4, -0.2) is 15.8 Å². The molecule has 3 nitrogen and oxygen atoms in total. The molecule has 1 aliphatic carbocycles. The van der Waals surface area contributed by atoms with Gasteiger partial charge < -0.3 is 0 Å². The molecule has 1 atom stereocenters. The number of carbonyl (C=O) groups excluding carboxylic acids is 1. The van der Waals surface area contributed by atoms with Gasteiger partial charge in [-0.05, 0) is 30.5 Å². The van der Waals surface area contributed by atoms with Gasteiger partial charge in [0.05, 0.1) is 21.7 Å². The Bertz CT molecular complexity index is 658. The number of fused-ring (bicyclic) bond motifs is 1. The van der Waals surface area contributed by atoms with E-state index in [2.05, 4.69) is 9.97 Å². The van der Waals surface area contributed by atoms with Crippen LogP contribution >= 0.6 is 23.2 Å². The van der Waals surface area contributed by atoms with Crippen LogP contribution in [0.5, 0.6) is 0 Å². The fourth-order valence-corrected chi connectivity index (χ4v) is 2.90. The molecule has 0 N–H and O–H groups in total. The molecule has 0 aliphatic heterocycles. The summed E-state index contributed by atoms with van der Waals surface area (Å²) in [7, 11) is 0. The second kappa shape index (κ2) is 4.91. The van der Waals surface area contributed by atoms with Crippen LogP contribution in [0, 0.1) is 0 Å². The molecule has 0 radical (unpaired) electrons. The van der Waals surface area contributed by atoms with Crippen LogP contribution in [0.15, 0.2) is 30.6 Å². The lowest BCUT2D eigenvalue weighted by Crippen LogP contribution is -2.13. The molecule has 1 aliphatic rings. The van der Waals surface area contributed by atoms with Crippen LogP contribution in [0.1, 0.15) is 34.1 Å². The highest BCUT2D eigenvalue weighted by Gasteiger charge is 2.32. The lowest BCUT2D eigenvalue weighted by molar-refractivity contribution is 0.0953. The van der Waals surface area contributed by atoms with Crippen molar-refractivity contribution in [2.75, 3.05) is 0 Å². The number of rotatable bonds is 2. The molecule has 0 saturated heterocycles. The summed E-state index contributed by atoms with van der Waals surface area (Å²) in [4.78, 5) is 20.9. The third-order valence-electron chi connectivity index (χ3n) is 3.32. The van der Waals surface area contributed by atoms with E-state index in [1.165, 1.54) is 12.3 Å². The summed E-state index contributed by atoms with van der Waals surface area (Å²) in [5.41, 5.74) is 2.25. The van der Waals surface area contributed by atoms with Crippen molar-refractivity contribution in [2.24, 2.45) is 0 Å². The molecular weight excluding hydrogens is 283 g/mol. The molecule has 5 heteroatoms. The molecule has 3 rings (SSSR count). The van der Waals surface area contributed by atoms with Gasteiger partial charge in [-0.25, -0.2) is 4.98 Å². The zero-order chi connectivity index (χ0) is 13.4. The van der Waals surface area contributed by atoms with Gasteiger partial charge in [0.1, 0.15) is 5.69 Å². The third kappa shape index (κ3) is 2.24. The van der Waals surface area contributed by atoms with E-state index < -0.39 is 0 Å². The monoisotopic (exact) mass is 292 g/mol. The number of ketones is 1. The number of hydrogen-bond acceptors (Lipinski definition) is 3. The predicted molar refractivity (Wildman–Crippen MR) is 73.9 cm³/mol. The van der Waals surface area contributed by atoms with Crippen LogP contribution in [-0.2, 0) is 6.42 Å². The van der Waals surface area contributed by atoms with Crippen LogP contribution in [0.25, 0.3) is 0 Å². The van der Waals surface area contributed by atoms with Crippen molar-refractivity contribution < 1.29 is 4.79 Å². The average molecular weight is 293 g/mol. The molecule has 0 amide bonds. The quantitative estimate of drug-likeness (QED) is 0.793. The summed E-state index contributed by atoms with van der Waals surface area (Å²) in [6.07, 6.45) is 4.77. The first kappa shape index (κ1) is 12.6.